The number of nitro benzene ring substituents is 1. The van der Waals surface area contributed by atoms with Crippen LogP contribution >= 0.6 is 0 Å². The first kappa shape index (κ1) is 29.9. The highest BCUT2D eigenvalue weighted by atomic mass is 16.6. The van der Waals surface area contributed by atoms with Crippen molar-refractivity contribution in [2.75, 3.05) is 13.7 Å². The number of ether oxygens (including phenoxy) is 3. The van der Waals surface area contributed by atoms with Gasteiger partial charge >= 0.3 is 5.97 Å². The summed E-state index contributed by atoms with van der Waals surface area (Å²) in [4.78, 5) is 41.6. The Balaban J connectivity index is 1.89. The van der Waals surface area contributed by atoms with E-state index in [4.69, 9.17) is 19.2 Å². The maximum Gasteiger partial charge on any atom is 0.344 e. The second-order valence-electron chi connectivity index (χ2n) is 10.2. The Kier molecular flexibility index (Phi) is 8.99. The van der Waals surface area contributed by atoms with E-state index < -0.39 is 23.1 Å². The average molecular weight is 573 g/mol. The molecular formula is C31H32N4O7. The first-order valence-corrected chi connectivity index (χ1v) is 13.4. The maximum atomic E-state index is 13.8. The summed E-state index contributed by atoms with van der Waals surface area (Å²) in [6.45, 7) is 8.98. The van der Waals surface area contributed by atoms with Crippen LogP contribution in [-0.2, 0) is 9.53 Å². The normalized spacial score (nSPS) is 11.4. The summed E-state index contributed by atoms with van der Waals surface area (Å²) < 4.78 is 17.5. The van der Waals surface area contributed by atoms with Crippen molar-refractivity contribution in [2.24, 2.45) is 5.10 Å². The third-order valence-corrected chi connectivity index (χ3v) is 6.42. The lowest BCUT2D eigenvalue weighted by Crippen LogP contribution is -2.21. The van der Waals surface area contributed by atoms with Gasteiger partial charge in [0.15, 0.2) is 12.4 Å². The van der Waals surface area contributed by atoms with Crippen LogP contribution in [0.4, 0.5) is 5.69 Å². The molecule has 0 aliphatic heterocycles. The lowest BCUT2D eigenvalue weighted by atomic mass is 9.96. The number of hydrogen-bond donors (Lipinski definition) is 0. The van der Waals surface area contributed by atoms with Crippen LogP contribution in [0.2, 0.25) is 0 Å². The van der Waals surface area contributed by atoms with Crippen LogP contribution in [0.3, 0.4) is 0 Å². The number of benzene rings is 3. The molecule has 0 bridgehead atoms. The summed E-state index contributed by atoms with van der Waals surface area (Å²) in [5.74, 6) is 0.676. The van der Waals surface area contributed by atoms with Crippen molar-refractivity contribution in [2.45, 2.75) is 46.6 Å². The molecule has 218 valence electrons. The minimum Gasteiger partial charge on any atom is -0.496 e. The number of para-hydroxylation sites is 1. The van der Waals surface area contributed by atoms with Gasteiger partial charge in [0.25, 0.3) is 11.2 Å². The predicted molar refractivity (Wildman–Crippen MR) is 160 cm³/mol. The molecule has 42 heavy (non-hydrogen) atoms. The van der Waals surface area contributed by atoms with Gasteiger partial charge in [-0.2, -0.15) is 9.78 Å². The van der Waals surface area contributed by atoms with Gasteiger partial charge in [0, 0.05) is 23.3 Å². The number of non-ortho nitro benzene ring substituents is 1. The van der Waals surface area contributed by atoms with Crippen LogP contribution in [0.5, 0.6) is 11.5 Å². The molecule has 0 aliphatic rings. The number of fused-ring (bicyclic) bond motifs is 1. The Bertz CT molecular complexity index is 1740. The number of carbonyl (C=O) groups is 1. The van der Waals surface area contributed by atoms with Gasteiger partial charge in [-0.25, -0.2) is 9.78 Å². The van der Waals surface area contributed by atoms with Crippen LogP contribution in [0.25, 0.3) is 22.3 Å². The molecule has 1 heterocycles. The van der Waals surface area contributed by atoms with Crippen molar-refractivity contribution < 1.29 is 23.9 Å². The molecule has 0 unspecified atom stereocenters. The van der Waals surface area contributed by atoms with Crippen molar-refractivity contribution in [1.82, 2.24) is 9.66 Å². The van der Waals surface area contributed by atoms with Gasteiger partial charge in [0.1, 0.15) is 11.5 Å². The molecule has 11 nitrogen and oxygen atoms in total. The van der Waals surface area contributed by atoms with Gasteiger partial charge in [-0.1, -0.05) is 26.0 Å². The molecule has 0 radical (unpaired) electrons. The summed E-state index contributed by atoms with van der Waals surface area (Å²) in [7, 11) is 1.61. The Morgan fingerprint density at radius 2 is 1.83 bits per heavy atom. The van der Waals surface area contributed by atoms with Gasteiger partial charge in [-0.15, -0.1) is 0 Å². The van der Waals surface area contributed by atoms with Crippen LogP contribution in [-0.4, -0.2) is 46.6 Å². The molecule has 0 fully saturated rings. The second kappa shape index (κ2) is 12.6. The highest BCUT2D eigenvalue weighted by molar-refractivity contribution is 5.86. The molecule has 0 spiro atoms. The average Bonchev–Trinajstić information content (AvgIpc) is 2.95. The zero-order chi connectivity index (χ0) is 30.6. The van der Waals surface area contributed by atoms with E-state index in [1.54, 1.807) is 45.2 Å². The van der Waals surface area contributed by atoms with E-state index in [0.717, 1.165) is 21.6 Å². The van der Waals surface area contributed by atoms with E-state index >= 15 is 0 Å². The number of nitrogens with zero attached hydrogens (tertiary/aromatic N) is 4. The minimum atomic E-state index is -0.598. The Hall–Kier alpha value is -5.06. The largest absolute Gasteiger partial charge is 0.496 e. The van der Waals surface area contributed by atoms with Gasteiger partial charge in [-0.3, -0.25) is 14.9 Å². The predicted octanol–water partition coefficient (Wildman–Crippen LogP) is 5.62. The van der Waals surface area contributed by atoms with Gasteiger partial charge in [0.2, 0.25) is 0 Å². The Labute approximate surface area is 242 Å². The fourth-order valence-corrected chi connectivity index (χ4v) is 4.41. The monoisotopic (exact) mass is 572 g/mol. The molecule has 0 aliphatic carbocycles. The third-order valence-electron chi connectivity index (χ3n) is 6.42. The molecule has 11 heteroatoms. The fourth-order valence-electron chi connectivity index (χ4n) is 4.41. The first-order valence-electron chi connectivity index (χ1n) is 13.4. The van der Waals surface area contributed by atoms with Gasteiger partial charge < -0.3 is 14.2 Å². The van der Waals surface area contributed by atoms with E-state index in [9.17, 15) is 19.7 Å². The molecule has 0 amide bonds. The molecule has 1 aromatic heterocycles. The minimum absolute atomic E-state index is 0.121. The number of hydrogen-bond acceptors (Lipinski definition) is 9. The number of esters is 1. The quantitative estimate of drug-likeness (QED) is 0.103. The Morgan fingerprint density at radius 3 is 2.50 bits per heavy atom. The van der Waals surface area contributed by atoms with Crippen molar-refractivity contribution in [1.29, 1.82) is 0 Å². The van der Waals surface area contributed by atoms with Crippen molar-refractivity contribution >= 4 is 28.8 Å². The smallest absolute Gasteiger partial charge is 0.344 e. The number of carbonyl (C=O) groups excluding carboxylic acids is 1. The van der Waals surface area contributed by atoms with Crippen LogP contribution < -0.4 is 15.0 Å². The molecule has 4 aromatic rings. The molecule has 4 rings (SSSR count). The molecule has 0 saturated carbocycles. The fraction of sp³-hybridized carbons (Fsp3) is 0.290. The van der Waals surface area contributed by atoms with E-state index in [1.807, 2.05) is 32.9 Å². The van der Waals surface area contributed by atoms with Crippen molar-refractivity contribution in [3.63, 3.8) is 0 Å². The highest BCUT2D eigenvalue weighted by Gasteiger charge is 2.19. The zero-order valence-electron chi connectivity index (χ0n) is 24.3. The SMILES string of the molecule is COc1cc(C)c(-c2nc3ccccc3c(=O)n2N=Cc2cc([N+](=O)[O-])ccc2OCC(=O)OC(C)C)cc1C(C)C. The van der Waals surface area contributed by atoms with Gasteiger partial charge in [0.05, 0.1) is 35.3 Å². The third kappa shape index (κ3) is 6.46. The van der Waals surface area contributed by atoms with E-state index in [-0.39, 0.29) is 34.8 Å². The van der Waals surface area contributed by atoms with E-state index in [0.29, 0.717) is 16.5 Å². The summed E-state index contributed by atoms with van der Waals surface area (Å²) in [5.41, 5.74) is 2.44. The summed E-state index contributed by atoms with van der Waals surface area (Å²) in [5, 5.41) is 16.3. The van der Waals surface area contributed by atoms with Crippen molar-refractivity contribution in [3.8, 4) is 22.9 Å². The number of methoxy groups -OCH3 is 1. The summed E-state index contributed by atoms with van der Waals surface area (Å²) >= 11 is 0. The number of aromatic nitrogens is 2. The first-order chi connectivity index (χ1) is 20.0. The van der Waals surface area contributed by atoms with Gasteiger partial charge in [-0.05, 0) is 68.1 Å². The molecule has 0 N–H and O–H groups in total. The zero-order valence-corrected chi connectivity index (χ0v) is 24.3. The topological polar surface area (TPSA) is 135 Å². The van der Waals surface area contributed by atoms with Crippen LogP contribution in [0.1, 0.15) is 50.3 Å². The van der Waals surface area contributed by atoms with Crippen LogP contribution in [0.15, 0.2) is 64.5 Å². The van der Waals surface area contributed by atoms with E-state index in [1.165, 1.54) is 24.4 Å². The highest BCUT2D eigenvalue weighted by Crippen LogP contribution is 2.34. The van der Waals surface area contributed by atoms with Crippen LogP contribution in [0, 0.1) is 17.0 Å². The number of aryl methyl sites for hydroxylation is 1. The summed E-state index contributed by atoms with van der Waals surface area (Å²) in [6, 6.07) is 14.6. The lowest BCUT2D eigenvalue weighted by molar-refractivity contribution is -0.384. The van der Waals surface area contributed by atoms with E-state index in [2.05, 4.69) is 5.10 Å². The molecular weight excluding hydrogens is 540 g/mol. The number of nitro groups is 1. The number of rotatable bonds is 10. The van der Waals surface area contributed by atoms with Crippen molar-refractivity contribution in [3.05, 3.63) is 91.8 Å². The molecule has 3 aromatic carbocycles. The Morgan fingerprint density at radius 1 is 1.10 bits per heavy atom. The molecule has 0 atom stereocenters. The standard InChI is InChI=1S/C31H32N4O7/c1-18(2)24-15-25(20(5)13-28(24)40-6)30-33-26-10-8-7-9-23(26)31(37)34(30)32-16-21-14-22(35(38)39)11-12-27(21)41-17-29(36)42-19(3)4/h7-16,18-19H,17H2,1-6H3. The maximum absolute atomic E-state index is 13.8. The summed E-state index contributed by atoms with van der Waals surface area (Å²) in [6.07, 6.45) is 0.946. The lowest BCUT2D eigenvalue weighted by Gasteiger charge is -2.17. The molecule has 0 saturated heterocycles. The second-order valence-corrected chi connectivity index (χ2v) is 10.2.